The molecule has 0 saturated heterocycles. The Morgan fingerprint density at radius 1 is 1.00 bits per heavy atom. The summed E-state index contributed by atoms with van der Waals surface area (Å²) >= 11 is 0. The van der Waals surface area contributed by atoms with Gasteiger partial charge in [0.05, 0.1) is 12.7 Å². The van der Waals surface area contributed by atoms with Crippen molar-refractivity contribution in [1.29, 1.82) is 0 Å². The van der Waals surface area contributed by atoms with Crippen molar-refractivity contribution >= 4 is 29.2 Å². The Kier molecular flexibility index (Phi) is 5.89. The molecule has 0 heterocycles. The number of hydrogen-bond donors (Lipinski definition) is 2. The molecule has 2 aromatic rings. The van der Waals surface area contributed by atoms with Gasteiger partial charge in [0.15, 0.2) is 0 Å². The van der Waals surface area contributed by atoms with Crippen LogP contribution in [0.5, 0.6) is 0 Å². The lowest BCUT2D eigenvalue weighted by molar-refractivity contribution is -0.114. The van der Waals surface area contributed by atoms with E-state index < -0.39 is 5.97 Å². The predicted octanol–water partition coefficient (Wildman–Crippen LogP) is 3.25. The van der Waals surface area contributed by atoms with Crippen molar-refractivity contribution in [2.45, 2.75) is 20.3 Å². The van der Waals surface area contributed by atoms with Gasteiger partial charge in [-0.25, -0.2) is 4.79 Å². The molecule has 2 rings (SSSR count). The van der Waals surface area contributed by atoms with Gasteiger partial charge in [-0.2, -0.15) is 0 Å². The van der Waals surface area contributed by atoms with Crippen molar-refractivity contribution in [2.24, 2.45) is 0 Å². The zero-order valence-electron chi connectivity index (χ0n) is 14.4. The van der Waals surface area contributed by atoms with Gasteiger partial charge in [-0.1, -0.05) is 19.1 Å². The van der Waals surface area contributed by atoms with Gasteiger partial charge in [-0.05, 0) is 42.3 Å². The van der Waals surface area contributed by atoms with Gasteiger partial charge in [0, 0.05) is 23.9 Å². The fraction of sp³-hybridized carbons (Fsp3) is 0.211. The average Bonchev–Trinajstić information content (AvgIpc) is 2.61. The second kappa shape index (κ2) is 8.10. The van der Waals surface area contributed by atoms with Crippen LogP contribution in [0.2, 0.25) is 0 Å². The lowest BCUT2D eigenvalue weighted by Gasteiger charge is -2.13. The number of esters is 1. The molecule has 0 aliphatic carbocycles. The predicted molar refractivity (Wildman–Crippen MR) is 95.9 cm³/mol. The van der Waals surface area contributed by atoms with Crippen LogP contribution in [0.25, 0.3) is 0 Å². The Bertz CT molecular complexity index is 815. The van der Waals surface area contributed by atoms with Gasteiger partial charge in [0.2, 0.25) is 5.91 Å². The third-order valence-corrected chi connectivity index (χ3v) is 3.61. The maximum atomic E-state index is 12.5. The van der Waals surface area contributed by atoms with E-state index in [1.54, 1.807) is 30.3 Å². The SMILES string of the molecule is CCc1ccc(NC(C)=O)cc1NC(=O)c1cccc(C(=O)OC)c1. The fourth-order valence-electron chi connectivity index (χ4n) is 2.38. The molecular formula is C19H20N2O4. The van der Waals surface area contributed by atoms with E-state index in [0.29, 0.717) is 22.5 Å². The van der Waals surface area contributed by atoms with Crippen molar-refractivity contribution in [3.05, 3.63) is 59.2 Å². The van der Waals surface area contributed by atoms with Gasteiger partial charge in [-0.15, -0.1) is 0 Å². The average molecular weight is 340 g/mol. The third kappa shape index (κ3) is 4.67. The molecular weight excluding hydrogens is 320 g/mol. The minimum Gasteiger partial charge on any atom is -0.465 e. The Morgan fingerprint density at radius 2 is 1.72 bits per heavy atom. The summed E-state index contributed by atoms with van der Waals surface area (Å²) < 4.78 is 4.67. The minimum absolute atomic E-state index is 0.188. The summed E-state index contributed by atoms with van der Waals surface area (Å²) in [6.45, 7) is 3.39. The maximum absolute atomic E-state index is 12.5. The number of ether oxygens (including phenoxy) is 1. The van der Waals surface area contributed by atoms with E-state index in [1.807, 2.05) is 13.0 Å². The highest BCUT2D eigenvalue weighted by atomic mass is 16.5. The first-order chi connectivity index (χ1) is 11.9. The van der Waals surface area contributed by atoms with E-state index in [1.165, 1.54) is 20.1 Å². The van der Waals surface area contributed by atoms with E-state index in [4.69, 9.17) is 0 Å². The van der Waals surface area contributed by atoms with E-state index in [9.17, 15) is 14.4 Å². The summed E-state index contributed by atoms with van der Waals surface area (Å²) in [6, 6.07) is 11.6. The standard InChI is InChI=1S/C19H20N2O4/c1-4-13-8-9-16(20-12(2)22)11-17(13)21-18(23)14-6-5-7-15(10-14)19(24)25-3/h5-11H,4H2,1-3H3,(H,20,22)(H,21,23). The van der Waals surface area contributed by atoms with Crippen LogP contribution in [-0.4, -0.2) is 24.9 Å². The monoisotopic (exact) mass is 340 g/mol. The molecule has 2 amide bonds. The molecule has 0 atom stereocenters. The number of carbonyl (C=O) groups is 3. The summed E-state index contributed by atoms with van der Waals surface area (Å²) in [5.41, 5.74) is 2.80. The number of benzene rings is 2. The summed E-state index contributed by atoms with van der Waals surface area (Å²) in [7, 11) is 1.29. The molecule has 0 bridgehead atoms. The molecule has 25 heavy (non-hydrogen) atoms. The van der Waals surface area contributed by atoms with Crippen LogP contribution in [0, 0.1) is 0 Å². The number of carbonyl (C=O) groups excluding carboxylic acids is 3. The number of hydrogen-bond acceptors (Lipinski definition) is 4. The number of rotatable bonds is 5. The second-order valence-electron chi connectivity index (χ2n) is 5.43. The zero-order valence-corrected chi connectivity index (χ0v) is 14.4. The van der Waals surface area contributed by atoms with Crippen LogP contribution in [0.15, 0.2) is 42.5 Å². The Morgan fingerprint density at radius 3 is 2.36 bits per heavy atom. The van der Waals surface area contributed by atoms with Gasteiger partial charge in [0.1, 0.15) is 0 Å². The normalized spacial score (nSPS) is 10.0. The molecule has 0 spiro atoms. The topological polar surface area (TPSA) is 84.5 Å². The smallest absolute Gasteiger partial charge is 0.337 e. The first kappa shape index (κ1) is 18.2. The van der Waals surface area contributed by atoms with Crippen molar-refractivity contribution in [3.63, 3.8) is 0 Å². The zero-order chi connectivity index (χ0) is 18.4. The van der Waals surface area contributed by atoms with Crippen molar-refractivity contribution < 1.29 is 19.1 Å². The van der Waals surface area contributed by atoms with Crippen molar-refractivity contribution in [1.82, 2.24) is 0 Å². The van der Waals surface area contributed by atoms with E-state index in [2.05, 4.69) is 15.4 Å². The highest BCUT2D eigenvalue weighted by molar-refractivity contribution is 6.06. The lowest BCUT2D eigenvalue weighted by Crippen LogP contribution is -2.15. The summed E-state index contributed by atoms with van der Waals surface area (Å²) in [5, 5.41) is 5.52. The molecule has 0 aromatic heterocycles. The maximum Gasteiger partial charge on any atom is 0.337 e. The van der Waals surface area contributed by atoms with Gasteiger partial charge < -0.3 is 15.4 Å². The molecule has 6 nitrogen and oxygen atoms in total. The van der Waals surface area contributed by atoms with Gasteiger partial charge in [-0.3, -0.25) is 9.59 Å². The quantitative estimate of drug-likeness (QED) is 0.818. The minimum atomic E-state index is -0.503. The summed E-state index contributed by atoms with van der Waals surface area (Å²) in [6.07, 6.45) is 0.720. The molecule has 6 heteroatoms. The van der Waals surface area contributed by atoms with Crippen LogP contribution in [-0.2, 0) is 16.0 Å². The van der Waals surface area contributed by atoms with Crippen LogP contribution in [0.1, 0.15) is 40.1 Å². The summed E-state index contributed by atoms with van der Waals surface area (Å²) in [5.74, 6) is -1.04. The number of nitrogens with one attached hydrogen (secondary N) is 2. The van der Waals surface area contributed by atoms with Crippen LogP contribution >= 0.6 is 0 Å². The van der Waals surface area contributed by atoms with E-state index in [-0.39, 0.29) is 11.8 Å². The molecule has 0 aliphatic heterocycles. The molecule has 0 radical (unpaired) electrons. The molecule has 0 unspecified atom stereocenters. The van der Waals surface area contributed by atoms with Gasteiger partial charge >= 0.3 is 5.97 Å². The molecule has 130 valence electrons. The molecule has 2 N–H and O–H groups in total. The molecule has 0 saturated carbocycles. The van der Waals surface area contributed by atoms with Crippen LogP contribution in [0.4, 0.5) is 11.4 Å². The molecule has 2 aromatic carbocycles. The summed E-state index contributed by atoms with van der Waals surface area (Å²) in [4.78, 5) is 35.3. The number of amides is 2. The van der Waals surface area contributed by atoms with E-state index >= 15 is 0 Å². The number of anilines is 2. The molecule has 0 aliphatic rings. The third-order valence-electron chi connectivity index (χ3n) is 3.61. The van der Waals surface area contributed by atoms with Crippen molar-refractivity contribution in [3.8, 4) is 0 Å². The number of methoxy groups -OCH3 is 1. The van der Waals surface area contributed by atoms with Crippen LogP contribution < -0.4 is 10.6 Å². The highest BCUT2D eigenvalue weighted by Crippen LogP contribution is 2.22. The Balaban J connectivity index is 2.27. The fourth-order valence-corrected chi connectivity index (χ4v) is 2.38. The van der Waals surface area contributed by atoms with Gasteiger partial charge in [0.25, 0.3) is 5.91 Å². The van der Waals surface area contributed by atoms with Crippen molar-refractivity contribution in [2.75, 3.05) is 17.7 Å². The first-order valence-electron chi connectivity index (χ1n) is 7.84. The molecule has 0 fully saturated rings. The van der Waals surface area contributed by atoms with Crippen LogP contribution in [0.3, 0.4) is 0 Å². The Labute approximate surface area is 146 Å². The Hall–Kier alpha value is -3.15. The first-order valence-corrected chi connectivity index (χ1v) is 7.84. The number of aryl methyl sites for hydroxylation is 1. The second-order valence-corrected chi connectivity index (χ2v) is 5.43. The van der Waals surface area contributed by atoms with E-state index in [0.717, 1.165) is 12.0 Å². The highest BCUT2D eigenvalue weighted by Gasteiger charge is 2.13. The lowest BCUT2D eigenvalue weighted by atomic mass is 10.1. The largest absolute Gasteiger partial charge is 0.465 e.